The number of ether oxygens (including phenoxy) is 2. The van der Waals surface area contributed by atoms with Crippen LogP contribution in [0.5, 0.6) is 0 Å². The van der Waals surface area contributed by atoms with Gasteiger partial charge in [-0.3, -0.25) is 0 Å². The fraction of sp³-hybridized carbons (Fsp3) is 0.600. The Balaban J connectivity index is 2.41. The Labute approximate surface area is 104 Å². The zero-order valence-electron chi connectivity index (χ0n) is 11.6. The van der Waals surface area contributed by atoms with Crippen LogP contribution in [0, 0.1) is 6.92 Å². The van der Waals surface area contributed by atoms with E-state index in [-0.39, 0.29) is 11.2 Å². The van der Waals surface area contributed by atoms with Crippen molar-refractivity contribution in [2.24, 2.45) is 0 Å². The first-order valence-corrected chi connectivity index (χ1v) is 6.14. The number of aryl methyl sites for hydroxylation is 1. The number of benzene rings is 1. The largest absolute Gasteiger partial charge is 0.337 e. The van der Waals surface area contributed by atoms with Crippen LogP contribution in [-0.4, -0.2) is 11.2 Å². The van der Waals surface area contributed by atoms with Gasteiger partial charge in [0.1, 0.15) is 0 Å². The first-order valence-electron chi connectivity index (χ1n) is 6.14. The Morgan fingerprint density at radius 1 is 0.882 bits per heavy atom. The van der Waals surface area contributed by atoms with Gasteiger partial charge in [0.05, 0.1) is 11.2 Å². The lowest BCUT2D eigenvalue weighted by atomic mass is 9.90. The smallest absolute Gasteiger partial charge is 0.193 e. The van der Waals surface area contributed by atoms with Crippen LogP contribution >= 0.6 is 0 Å². The van der Waals surface area contributed by atoms with E-state index in [1.807, 2.05) is 13.0 Å². The van der Waals surface area contributed by atoms with E-state index < -0.39 is 5.79 Å². The zero-order valence-corrected chi connectivity index (χ0v) is 11.6. The summed E-state index contributed by atoms with van der Waals surface area (Å²) >= 11 is 0. The average molecular weight is 234 g/mol. The molecule has 0 saturated carbocycles. The third-order valence-corrected chi connectivity index (χ3v) is 3.89. The summed E-state index contributed by atoms with van der Waals surface area (Å²) < 4.78 is 12.3. The molecule has 0 unspecified atom stereocenters. The van der Waals surface area contributed by atoms with Crippen molar-refractivity contribution in [1.82, 2.24) is 0 Å². The van der Waals surface area contributed by atoms with Crippen LogP contribution in [-0.2, 0) is 15.3 Å². The highest BCUT2D eigenvalue weighted by atomic mass is 16.8. The minimum absolute atomic E-state index is 0.300. The van der Waals surface area contributed by atoms with Gasteiger partial charge in [0.25, 0.3) is 0 Å². The molecule has 2 heteroatoms. The molecule has 2 nitrogen and oxygen atoms in total. The lowest BCUT2D eigenvalue weighted by molar-refractivity contribution is -0.186. The van der Waals surface area contributed by atoms with Crippen LogP contribution in [0.15, 0.2) is 24.3 Å². The summed E-state index contributed by atoms with van der Waals surface area (Å²) in [6.07, 6.45) is 0. The summed E-state index contributed by atoms with van der Waals surface area (Å²) in [4.78, 5) is 0. The maximum atomic E-state index is 6.17. The van der Waals surface area contributed by atoms with Crippen molar-refractivity contribution in [3.8, 4) is 0 Å². The van der Waals surface area contributed by atoms with Gasteiger partial charge in [-0.2, -0.15) is 0 Å². The molecule has 1 heterocycles. The fourth-order valence-electron chi connectivity index (χ4n) is 2.29. The van der Waals surface area contributed by atoms with E-state index in [1.54, 1.807) is 0 Å². The van der Waals surface area contributed by atoms with Crippen LogP contribution in [0.1, 0.15) is 45.7 Å². The van der Waals surface area contributed by atoms with E-state index in [0.717, 1.165) is 5.56 Å². The molecule has 1 aliphatic heterocycles. The maximum Gasteiger partial charge on any atom is 0.193 e. The van der Waals surface area contributed by atoms with Crippen LogP contribution < -0.4 is 0 Å². The minimum atomic E-state index is -0.654. The normalized spacial score (nSPS) is 24.8. The molecule has 0 atom stereocenters. The van der Waals surface area contributed by atoms with Crippen molar-refractivity contribution < 1.29 is 9.47 Å². The van der Waals surface area contributed by atoms with Crippen molar-refractivity contribution in [2.75, 3.05) is 0 Å². The third kappa shape index (κ3) is 2.00. The van der Waals surface area contributed by atoms with Crippen molar-refractivity contribution in [2.45, 2.75) is 58.5 Å². The van der Waals surface area contributed by atoms with E-state index in [1.165, 1.54) is 5.56 Å². The van der Waals surface area contributed by atoms with Gasteiger partial charge >= 0.3 is 0 Å². The summed E-state index contributed by atoms with van der Waals surface area (Å²) in [6, 6.07) is 8.31. The molecule has 1 aromatic rings. The van der Waals surface area contributed by atoms with Gasteiger partial charge in [-0.1, -0.05) is 29.8 Å². The molecule has 0 radical (unpaired) electrons. The molecule has 94 valence electrons. The Morgan fingerprint density at radius 2 is 1.41 bits per heavy atom. The molecule has 1 aromatic carbocycles. The van der Waals surface area contributed by atoms with E-state index in [0.29, 0.717) is 0 Å². The van der Waals surface area contributed by atoms with E-state index in [4.69, 9.17) is 9.47 Å². The number of hydrogen-bond acceptors (Lipinski definition) is 2. The third-order valence-electron chi connectivity index (χ3n) is 3.89. The van der Waals surface area contributed by atoms with Gasteiger partial charge in [0.15, 0.2) is 5.79 Å². The highest BCUT2D eigenvalue weighted by molar-refractivity contribution is 5.27. The highest BCUT2D eigenvalue weighted by Crippen LogP contribution is 2.48. The molecule has 17 heavy (non-hydrogen) atoms. The summed E-state index contributed by atoms with van der Waals surface area (Å²) in [5.41, 5.74) is 1.70. The van der Waals surface area contributed by atoms with Crippen LogP contribution in [0.2, 0.25) is 0 Å². The quantitative estimate of drug-likeness (QED) is 0.736. The Bertz CT molecular complexity index is 416. The second-order valence-corrected chi connectivity index (χ2v) is 6.04. The molecule has 1 saturated heterocycles. The molecule has 0 spiro atoms. The van der Waals surface area contributed by atoms with Gasteiger partial charge in [-0.25, -0.2) is 0 Å². The minimum Gasteiger partial charge on any atom is -0.337 e. The monoisotopic (exact) mass is 234 g/mol. The first kappa shape index (κ1) is 12.6. The molecule has 2 rings (SSSR count). The topological polar surface area (TPSA) is 18.5 Å². The van der Waals surface area contributed by atoms with Gasteiger partial charge in [-0.15, -0.1) is 0 Å². The SMILES string of the molecule is Cc1cccc(C2(C)OC(C)(C)C(C)(C)O2)c1. The second kappa shape index (κ2) is 3.56. The zero-order chi connectivity index (χ0) is 12.9. The first-order chi connectivity index (χ1) is 7.66. The molecule has 0 bridgehead atoms. The summed E-state index contributed by atoms with van der Waals surface area (Å²) in [5, 5.41) is 0. The Morgan fingerprint density at radius 3 is 1.88 bits per heavy atom. The molecule has 0 N–H and O–H groups in total. The molecular formula is C15H22O2. The maximum absolute atomic E-state index is 6.17. The second-order valence-electron chi connectivity index (χ2n) is 6.04. The predicted octanol–water partition coefficient (Wildman–Crippen LogP) is 3.77. The molecule has 0 aromatic heterocycles. The summed E-state index contributed by atoms with van der Waals surface area (Å²) in [6.45, 7) is 12.4. The fourth-order valence-corrected chi connectivity index (χ4v) is 2.29. The number of hydrogen-bond donors (Lipinski definition) is 0. The highest BCUT2D eigenvalue weighted by Gasteiger charge is 2.55. The molecule has 0 aliphatic carbocycles. The van der Waals surface area contributed by atoms with E-state index in [9.17, 15) is 0 Å². The van der Waals surface area contributed by atoms with Crippen molar-refractivity contribution in [3.05, 3.63) is 35.4 Å². The van der Waals surface area contributed by atoms with E-state index in [2.05, 4.69) is 52.8 Å². The van der Waals surface area contributed by atoms with E-state index >= 15 is 0 Å². The van der Waals surface area contributed by atoms with Gasteiger partial charge < -0.3 is 9.47 Å². The molecule has 1 aliphatic rings. The van der Waals surface area contributed by atoms with Crippen LogP contribution in [0.25, 0.3) is 0 Å². The lowest BCUT2D eigenvalue weighted by Gasteiger charge is -2.30. The predicted molar refractivity (Wildman–Crippen MR) is 68.9 cm³/mol. The van der Waals surface area contributed by atoms with Crippen molar-refractivity contribution >= 4 is 0 Å². The molecule has 1 fully saturated rings. The standard InChI is InChI=1S/C15H22O2/c1-11-8-7-9-12(10-11)15(6)16-13(2,3)14(4,5)17-15/h7-10H,1-6H3. The van der Waals surface area contributed by atoms with Crippen molar-refractivity contribution in [3.63, 3.8) is 0 Å². The summed E-state index contributed by atoms with van der Waals surface area (Å²) in [5.74, 6) is -0.654. The van der Waals surface area contributed by atoms with Crippen LogP contribution in [0.4, 0.5) is 0 Å². The Kier molecular flexibility index (Phi) is 2.64. The van der Waals surface area contributed by atoms with Crippen molar-refractivity contribution in [1.29, 1.82) is 0 Å². The molecular weight excluding hydrogens is 212 g/mol. The van der Waals surface area contributed by atoms with Crippen LogP contribution in [0.3, 0.4) is 0 Å². The number of rotatable bonds is 1. The summed E-state index contributed by atoms with van der Waals surface area (Å²) in [7, 11) is 0. The lowest BCUT2D eigenvalue weighted by Crippen LogP contribution is -2.41. The average Bonchev–Trinajstić information content (AvgIpc) is 2.31. The Hall–Kier alpha value is -0.860. The van der Waals surface area contributed by atoms with Gasteiger partial charge in [0.2, 0.25) is 0 Å². The van der Waals surface area contributed by atoms with Gasteiger partial charge in [0, 0.05) is 5.56 Å². The van der Waals surface area contributed by atoms with Gasteiger partial charge in [-0.05, 0) is 41.5 Å². The molecule has 0 amide bonds.